The van der Waals surface area contributed by atoms with Crippen LogP contribution in [-0.4, -0.2) is 26.3 Å². The molecule has 0 atom stereocenters. The van der Waals surface area contributed by atoms with Gasteiger partial charge in [-0.05, 0) is 36.4 Å². The van der Waals surface area contributed by atoms with E-state index in [0.29, 0.717) is 0 Å². The molecule has 0 bridgehead atoms. The summed E-state index contributed by atoms with van der Waals surface area (Å²) in [6.07, 6.45) is -9.66. The average Bonchev–Trinajstić information content (AvgIpc) is 3.14. The van der Waals surface area contributed by atoms with E-state index in [-0.39, 0.29) is 34.3 Å². The molecule has 0 saturated heterocycles. The highest BCUT2D eigenvalue weighted by Crippen LogP contribution is 2.32. The fourth-order valence-electron chi connectivity index (χ4n) is 2.71. The number of alkyl halides is 6. The number of para-hydroxylation sites is 1. The number of nitrogens with zero attached hydrogens (tertiary/aromatic N) is 3. The van der Waals surface area contributed by atoms with E-state index < -0.39 is 29.9 Å². The van der Waals surface area contributed by atoms with Crippen LogP contribution in [0.2, 0.25) is 0 Å². The number of halogens is 7. The third-order valence-corrected chi connectivity index (χ3v) is 4.08. The Labute approximate surface area is 179 Å². The molecule has 0 amide bonds. The van der Waals surface area contributed by atoms with Crippen LogP contribution in [0.25, 0.3) is 11.3 Å². The van der Waals surface area contributed by atoms with Gasteiger partial charge in [0.1, 0.15) is 11.6 Å². The van der Waals surface area contributed by atoms with Crippen molar-refractivity contribution in [2.24, 2.45) is 0 Å². The largest absolute Gasteiger partial charge is 0.573 e. The van der Waals surface area contributed by atoms with Crippen molar-refractivity contribution in [3.05, 3.63) is 60.2 Å². The first-order valence-corrected chi connectivity index (χ1v) is 8.97. The lowest BCUT2D eigenvalue weighted by atomic mass is 10.3. The standard InChI is InChI=1S/C19H11F7N6O/c20-11-3-1-2-4-12(11)28-14-13(27-9-5-7-10(8-6-9)33-19(24,25)26)29-15-16(30-14)32-17(31-15)18(21,22)23/h1-8H,(H3,27,28,29,30,31,32). The van der Waals surface area contributed by atoms with Crippen LogP contribution in [0.5, 0.6) is 5.75 Å². The second-order valence-electron chi connectivity index (χ2n) is 6.48. The second kappa shape index (κ2) is 8.11. The lowest BCUT2D eigenvalue weighted by Gasteiger charge is -2.13. The number of nitrogens with one attached hydrogen (secondary N) is 3. The minimum atomic E-state index is -4.88. The Kier molecular flexibility index (Phi) is 5.43. The smallest absolute Gasteiger partial charge is 0.406 e. The molecule has 0 saturated carbocycles. The highest BCUT2D eigenvalue weighted by Gasteiger charge is 2.35. The molecule has 172 valence electrons. The van der Waals surface area contributed by atoms with E-state index in [0.717, 1.165) is 18.2 Å². The van der Waals surface area contributed by atoms with Gasteiger partial charge in [0.05, 0.1) is 5.69 Å². The first kappa shape index (κ1) is 22.1. The molecule has 4 aromatic rings. The van der Waals surface area contributed by atoms with Gasteiger partial charge in [0, 0.05) is 5.69 Å². The lowest BCUT2D eigenvalue weighted by molar-refractivity contribution is -0.274. The summed E-state index contributed by atoms with van der Waals surface area (Å²) >= 11 is 0. The molecule has 2 aromatic heterocycles. The summed E-state index contributed by atoms with van der Waals surface area (Å²) in [4.78, 5) is 13.4. The molecule has 0 aliphatic heterocycles. The minimum Gasteiger partial charge on any atom is -0.406 e. The van der Waals surface area contributed by atoms with E-state index in [2.05, 4.69) is 30.3 Å². The topological polar surface area (TPSA) is 87.8 Å². The van der Waals surface area contributed by atoms with E-state index >= 15 is 0 Å². The van der Waals surface area contributed by atoms with Gasteiger partial charge in [-0.25, -0.2) is 19.3 Å². The molecule has 0 spiro atoms. The number of benzene rings is 2. The van der Waals surface area contributed by atoms with Crippen molar-refractivity contribution in [3.8, 4) is 5.75 Å². The van der Waals surface area contributed by atoms with Crippen molar-refractivity contribution in [3.63, 3.8) is 0 Å². The van der Waals surface area contributed by atoms with Crippen molar-refractivity contribution < 1.29 is 35.5 Å². The van der Waals surface area contributed by atoms with Crippen molar-refractivity contribution in [1.82, 2.24) is 19.9 Å². The van der Waals surface area contributed by atoms with Crippen molar-refractivity contribution in [1.29, 1.82) is 0 Å². The highest BCUT2D eigenvalue weighted by atomic mass is 19.4. The summed E-state index contributed by atoms with van der Waals surface area (Å²) in [5.41, 5.74) is -0.554. The van der Waals surface area contributed by atoms with Crippen molar-refractivity contribution in [2.75, 3.05) is 10.6 Å². The molecule has 0 unspecified atom stereocenters. The zero-order valence-corrected chi connectivity index (χ0v) is 16.0. The molecule has 3 N–H and O–H groups in total. The maximum absolute atomic E-state index is 14.1. The zero-order valence-electron chi connectivity index (χ0n) is 16.0. The molecule has 0 aliphatic carbocycles. The summed E-state index contributed by atoms with van der Waals surface area (Å²) in [5.74, 6) is -2.81. The second-order valence-corrected chi connectivity index (χ2v) is 6.48. The first-order chi connectivity index (χ1) is 15.5. The Morgan fingerprint density at radius 3 is 2.09 bits per heavy atom. The van der Waals surface area contributed by atoms with Crippen LogP contribution in [0.15, 0.2) is 48.5 Å². The van der Waals surface area contributed by atoms with Crippen LogP contribution < -0.4 is 15.4 Å². The van der Waals surface area contributed by atoms with Gasteiger partial charge in [0.25, 0.3) is 0 Å². The molecular weight excluding hydrogens is 461 g/mol. The van der Waals surface area contributed by atoms with E-state index in [1.807, 2.05) is 4.98 Å². The number of aromatic amines is 1. The van der Waals surface area contributed by atoms with Gasteiger partial charge in [-0.15, -0.1) is 13.2 Å². The number of anilines is 4. The number of imidazole rings is 1. The number of rotatable bonds is 5. The number of hydrogen-bond donors (Lipinski definition) is 3. The number of fused-ring (bicyclic) bond motifs is 1. The third kappa shape index (κ3) is 5.22. The molecule has 7 nitrogen and oxygen atoms in total. The summed E-state index contributed by atoms with van der Waals surface area (Å²) in [6.45, 7) is 0. The number of aromatic nitrogens is 4. The number of hydrogen-bond acceptors (Lipinski definition) is 6. The molecule has 14 heteroatoms. The quantitative estimate of drug-likeness (QED) is 0.314. The fraction of sp³-hybridized carbons (Fsp3) is 0.105. The molecule has 0 radical (unpaired) electrons. The Hall–Kier alpha value is -4.10. The molecule has 33 heavy (non-hydrogen) atoms. The van der Waals surface area contributed by atoms with Gasteiger partial charge in [0.2, 0.25) is 5.82 Å². The average molecular weight is 472 g/mol. The SMILES string of the molecule is Fc1ccccc1Nc1nc2nc(C(F)(F)F)[nH]c2nc1Nc1ccc(OC(F)(F)F)cc1. The zero-order chi connectivity index (χ0) is 23.8. The van der Waals surface area contributed by atoms with Crippen molar-refractivity contribution in [2.45, 2.75) is 12.5 Å². The first-order valence-electron chi connectivity index (χ1n) is 8.97. The normalized spacial score (nSPS) is 12.1. The van der Waals surface area contributed by atoms with Gasteiger partial charge in [-0.3, -0.25) is 0 Å². The minimum absolute atomic E-state index is 0.0466. The van der Waals surface area contributed by atoms with Gasteiger partial charge in [-0.2, -0.15) is 13.2 Å². The van der Waals surface area contributed by atoms with Gasteiger partial charge in [0.15, 0.2) is 22.9 Å². The molecule has 4 rings (SSSR count). The fourth-order valence-corrected chi connectivity index (χ4v) is 2.71. The van der Waals surface area contributed by atoms with Crippen LogP contribution in [0.4, 0.5) is 53.7 Å². The maximum Gasteiger partial charge on any atom is 0.573 e. The van der Waals surface area contributed by atoms with E-state index in [1.54, 1.807) is 0 Å². The van der Waals surface area contributed by atoms with E-state index in [4.69, 9.17) is 0 Å². The predicted molar refractivity (Wildman–Crippen MR) is 103 cm³/mol. The Morgan fingerprint density at radius 2 is 1.45 bits per heavy atom. The lowest BCUT2D eigenvalue weighted by Crippen LogP contribution is -2.17. The summed E-state index contributed by atoms with van der Waals surface area (Å²) in [5, 5.41) is 5.34. The Balaban J connectivity index is 1.72. The van der Waals surface area contributed by atoms with Gasteiger partial charge >= 0.3 is 12.5 Å². The molecule has 2 aromatic carbocycles. The molecule has 0 fully saturated rings. The van der Waals surface area contributed by atoms with E-state index in [9.17, 15) is 30.7 Å². The Bertz CT molecular complexity index is 1280. The number of ether oxygens (including phenoxy) is 1. The van der Waals surface area contributed by atoms with E-state index in [1.165, 1.54) is 30.3 Å². The summed E-state index contributed by atoms with van der Waals surface area (Å²) < 4.78 is 93.9. The number of H-pyrrole nitrogens is 1. The third-order valence-electron chi connectivity index (χ3n) is 4.08. The van der Waals surface area contributed by atoms with Crippen molar-refractivity contribution >= 4 is 34.3 Å². The van der Waals surface area contributed by atoms with Crippen LogP contribution >= 0.6 is 0 Å². The summed E-state index contributed by atoms with van der Waals surface area (Å²) in [6, 6.07) is 9.93. The molecule has 2 heterocycles. The molecule has 0 aliphatic rings. The maximum atomic E-state index is 14.1. The van der Waals surface area contributed by atoms with Gasteiger partial charge < -0.3 is 20.4 Å². The summed E-state index contributed by atoms with van der Waals surface area (Å²) in [7, 11) is 0. The molecular formula is C19H11F7N6O. The van der Waals surface area contributed by atoms with Crippen LogP contribution in [0, 0.1) is 5.82 Å². The Morgan fingerprint density at radius 1 is 0.788 bits per heavy atom. The van der Waals surface area contributed by atoms with Gasteiger partial charge in [-0.1, -0.05) is 12.1 Å². The monoisotopic (exact) mass is 472 g/mol. The van der Waals surface area contributed by atoms with Crippen LogP contribution in [0.3, 0.4) is 0 Å². The van der Waals surface area contributed by atoms with Crippen LogP contribution in [0.1, 0.15) is 5.82 Å². The highest BCUT2D eigenvalue weighted by molar-refractivity contribution is 5.80. The van der Waals surface area contributed by atoms with Crippen LogP contribution in [-0.2, 0) is 6.18 Å². The predicted octanol–water partition coefficient (Wildman–Crippen LogP) is 5.90.